The van der Waals surface area contributed by atoms with Crippen molar-refractivity contribution in [2.45, 2.75) is 100 Å². The molecule has 12 heteroatoms. The SMILES string of the molecule is COCOc1cc(C(O)c2nc3nc(Cl)nc(SCc4ccc(OC)cc4)c3n2C2CCC2)c2c(C#C[Si](C(C)C)(C(C)C)C(C)C)c(F)ccc2c1. The summed E-state index contributed by atoms with van der Waals surface area (Å²) in [5.74, 6) is 5.20. The molecule has 53 heavy (non-hydrogen) atoms. The molecule has 1 unspecified atom stereocenters. The van der Waals surface area contributed by atoms with E-state index in [4.69, 9.17) is 30.8 Å². The zero-order valence-corrected chi connectivity index (χ0v) is 34.2. The Kier molecular flexibility index (Phi) is 12.1. The third-order valence-electron chi connectivity index (χ3n) is 10.7. The van der Waals surface area contributed by atoms with E-state index < -0.39 is 20.0 Å². The number of aliphatic hydroxyl groups excluding tert-OH is 1. The number of nitrogens with zero attached hydrogens (tertiary/aromatic N) is 4. The molecule has 0 amide bonds. The molecule has 2 aromatic heterocycles. The third kappa shape index (κ3) is 7.67. The minimum absolute atomic E-state index is 0.00361. The Balaban J connectivity index is 1.55. The average Bonchev–Trinajstić information content (AvgIpc) is 3.47. The number of aliphatic hydroxyl groups is 1. The molecule has 0 bridgehead atoms. The van der Waals surface area contributed by atoms with Crippen LogP contribution in [0.2, 0.25) is 21.9 Å². The molecule has 1 saturated carbocycles. The molecule has 1 N–H and O–H groups in total. The van der Waals surface area contributed by atoms with Crippen LogP contribution in [-0.2, 0) is 10.5 Å². The van der Waals surface area contributed by atoms with E-state index in [1.54, 1.807) is 26.4 Å². The fraction of sp³-hybridized carbons (Fsp3) is 0.439. The van der Waals surface area contributed by atoms with Gasteiger partial charge in [0.05, 0.1) is 12.7 Å². The molecule has 280 valence electrons. The molecule has 6 rings (SSSR count). The summed E-state index contributed by atoms with van der Waals surface area (Å²) in [4.78, 5) is 14.2. The Morgan fingerprint density at radius 3 is 2.26 bits per heavy atom. The van der Waals surface area contributed by atoms with E-state index in [0.29, 0.717) is 61.0 Å². The molecule has 1 fully saturated rings. The topological polar surface area (TPSA) is 91.5 Å². The average molecular weight is 775 g/mol. The van der Waals surface area contributed by atoms with Gasteiger partial charge in [-0.25, -0.2) is 14.4 Å². The molecule has 5 aromatic rings. The number of aromatic nitrogens is 4. The second-order valence-electron chi connectivity index (χ2n) is 14.7. The van der Waals surface area contributed by atoms with E-state index in [2.05, 4.69) is 67.5 Å². The number of halogens is 2. The summed E-state index contributed by atoms with van der Waals surface area (Å²) in [7, 11) is 0.957. The van der Waals surface area contributed by atoms with Gasteiger partial charge < -0.3 is 23.9 Å². The van der Waals surface area contributed by atoms with Gasteiger partial charge in [-0.05, 0) is 88.8 Å². The molecule has 3 aromatic carbocycles. The molecule has 0 aliphatic heterocycles. The monoisotopic (exact) mass is 774 g/mol. The van der Waals surface area contributed by atoms with Crippen molar-refractivity contribution >= 4 is 53.4 Å². The molecule has 8 nitrogen and oxygen atoms in total. The van der Waals surface area contributed by atoms with Crippen molar-refractivity contribution in [3.8, 4) is 23.0 Å². The highest BCUT2D eigenvalue weighted by atomic mass is 35.5. The number of fused-ring (bicyclic) bond motifs is 2. The second-order valence-corrected chi connectivity index (χ2v) is 21.5. The summed E-state index contributed by atoms with van der Waals surface area (Å²) in [6.07, 6.45) is 1.57. The molecular formula is C41H48ClFN4O4SSi. The summed E-state index contributed by atoms with van der Waals surface area (Å²) in [6.45, 7) is 13.4. The smallest absolute Gasteiger partial charge is 0.225 e. The van der Waals surface area contributed by atoms with Crippen LogP contribution >= 0.6 is 23.4 Å². The number of rotatable bonds is 13. The Labute approximate surface area is 321 Å². The van der Waals surface area contributed by atoms with Gasteiger partial charge in [-0.2, -0.15) is 4.98 Å². The van der Waals surface area contributed by atoms with Gasteiger partial charge >= 0.3 is 0 Å². The minimum atomic E-state index is -2.23. The van der Waals surface area contributed by atoms with Crippen molar-refractivity contribution < 1.29 is 23.7 Å². The van der Waals surface area contributed by atoms with Crippen LogP contribution in [0.25, 0.3) is 21.9 Å². The second kappa shape index (κ2) is 16.4. The first-order chi connectivity index (χ1) is 25.4. The van der Waals surface area contributed by atoms with Crippen molar-refractivity contribution in [1.82, 2.24) is 19.5 Å². The Morgan fingerprint density at radius 2 is 1.66 bits per heavy atom. The summed E-state index contributed by atoms with van der Waals surface area (Å²) in [6, 6.07) is 14.7. The van der Waals surface area contributed by atoms with Gasteiger partial charge in [0.1, 0.15) is 47.9 Å². The Morgan fingerprint density at radius 1 is 0.962 bits per heavy atom. The highest BCUT2D eigenvalue weighted by molar-refractivity contribution is 7.98. The first-order valence-corrected chi connectivity index (χ1v) is 21.8. The molecule has 2 heterocycles. The van der Waals surface area contributed by atoms with Crippen LogP contribution < -0.4 is 9.47 Å². The largest absolute Gasteiger partial charge is 0.497 e. The zero-order chi connectivity index (χ0) is 38.0. The van der Waals surface area contributed by atoms with Crippen LogP contribution in [0, 0.1) is 17.3 Å². The first kappa shape index (κ1) is 39.0. The van der Waals surface area contributed by atoms with E-state index in [1.165, 1.54) is 17.8 Å². The van der Waals surface area contributed by atoms with Crippen LogP contribution in [0.4, 0.5) is 4.39 Å². The Hall–Kier alpha value is -3.66. The van der Waals surface area contributed by atoms with Crippen molar-refractivity contribution in [3.63, 3.8) is 0 Å². The maximum Gasteiger partial charge on any atom is 0.225 e. The normalized spacial score (nSPS) is 14.2. The minimum Gasteiger partial charge on any atom is -0.497 e. The lowest BCUT2D eigenvalue weighted by molar-refractivity contribution is 0.0510. The number of ether oxygens (including phenoxy) is 3. The van der Waals surface area contributed by atoms with E-state index in [0.717, 1.165) is 36.1 Å². The molecular weight excluding hydrogens is 727 g/mol. The number of imidazole rings is 1. The van der Waals surface area contributed by atoms with Gasteiger partial charge in [0, 0.05) is 29.9 Å². The van der Waals surface area contributed by atoms with Gasteiger partial charge in [-0.15, -0.1) is 5.54 Å². The lowest BCUT2D eigenvalue weighted by atomic mass is 9.91. The van der Waals surface area contributed by atoms with Crippen LogP contribution in [0.1, 0.15) is 95.5 Å². The lowest BCUT2D eigenvalue weighted by Crippen LogP contribution is -2.43. The first-order valence-electron chi connectivity index (χ1n) is 18.2. The van der Waals surface area contributed by atoms with Gasteiger partial charge in [-0.1, -0.05) is 77.4 Å². The maximum absolute atomic E-state index is 16.2. The van der Waals surface area contributed by atoms with E-state index in [1.807, 2.05) is 30.3 Å². The van der Waals surface area contributed by atoms with Crippen molar-refractivity contribution in [2.24, 2.45) is 0 Å². The summed E-state index contributed by atoms with van der Waals surface area (Å²) in [5, 5.41) is 14.5. The van der Waals surface area contributed by atoms with Gasteiger partial charge in [0.15, 0.2) is 12.4 Å². The number of benzene rings is 3. The van der Waals surface area contributed by atoms with Crippen LogP contribution in [0.15, 0.2) is 53.6 Å². The number of hydrogen-bond donors (Lipinski definition) is 1. The number of methoxy groups -OCH3 is 2. The fourth-order valence-electron chi connectivity index (χ4n) is 7.88. The fourth-order valence-corrected chi connectivity index (χ4v) is 14.3. The van der Waals surface area contributed by atoms with E-state index >= 15 is 4.39 Å². The van der Waals surface area contributed by atoms with Crippen LogP contribution in [0.5, 0.6) is 11.5 Å². The molecule has 1 aliphatic carbocycles. The molecule has 0 spiro atoms. The maximum atomic E-state index is 16.2. The summed E-state index contributed by atoms with van der Waals surface area (Å²) < 4.78 is 34.7. The summed E-state index contributed by atoms with van der Waals surface area (Å²) in [5.41, 5.74) is 7.68. The number of thioether (sulfide) groups is 1. The quantitative estimate of drug-likeness (QED) is 0.0316. The van der Waals surface area contributed by atoms with Crippen molar-refractivity contribution in [2.75, 3.05) is 21.0 Å². The highest BCUT2D eigenvalue weighted by Gasteiger charge is 2.42. The highest BCUT2D eigenvalue weighted by Crippen LogP contribution is 2.44. The molecule has 0 saturated heterocycles. The van der Waals surface area contributed by atoms with E-state index in [-0.39, 0.29) is 23.7 Å². The van der Waals surface area contributed by atoms with Gasteiger partial charge in [-0.3, -0.25) is 0 Å². The van der Waals surface area contributed by atoms with Crippen molar-refractivity contribution in [1.29, 1.82) is 0 Å². The standard InChI is InChI=1S/C41H48ClFN4O4SSi/c1-24(2)53(25(3)4,26(5)6)19-18-32-34(43)17-14-28-20-31(51-23-49-7)21-33(35(28)32)37(48)39-44-38-36(47(39)29-10-9-11-29)40(46-41(42)45-38)52-22-27-12-15-30(50-8)16-13-27/h12-17,20-21,24-26,29,37,48H,9-11,22-23H2,1-8H3. The molecule has 0 radical (unpaired) electrons. The van der Waals surface area contributed by atoms with Crippen LogP contribution in [-0.4, -0.2) is 53.7 Å². The van der Waals surface area contributed by atoms with Gasteiger partial charge in [0.2, 0.25) is 5.28 Å². The van der Waals surface area contributed by atoms with Gasteiger partial charge in [0.25, 0.3) is 0 Å². The number of hydrogen-bond acceptors (Lipinski definition) is 8. The van der Waals surface area contributed by atoms with Crippen molar-refractivity contribution in [3.05, 3.63) is 82.1 Å². The predicted molar refractivity (Wildman–Crippen MR) is 214 cm³/mol. The van der Waals surface area contributed by atoms with E-state index in [9.17, 15) is 5.11 Å². The molecule has 1 atom stereocenters. The lowest BCUT2D eigenvalue weighted by Gasteiger charge is -2.38. The van der Waals surface area contributed by atoms with Crippen LogP contribution in [0.3, 0.4) is 0 Å². The predicted octanol–water partition coefficient (Wildman–Crippen LogP) is 10.4. The Bertz CT molecular complexity index is 2140. The third-order valence-corrected chi connectivity index (χ3v) is 18.2. The zero-order valence-electron chi connectivity index (χ0n) is 31.7. The summed E-state index contributed by atoms with van der Waals surface area (Å²) >= 11 is 8.04. The molecule has 1 aliphatic rings.